The van der Waals surface area contributed by atoms with Gasteiger partial charge < -0.3 is 24.3 Å². The molecular formula is C26H26ClN7O5S. The molecule has 0 saturated carbocycles. The number of aromatic nitrogens is 5. The maximum absolute atomic E-state index is 13.7. The lowest BCUT2D eigenvalue weighted by Gasteiger charge is -2.20. The van der Waals surface area contributed by atoms with Crippen molar-refractivity contribution in [1.29, 1.82) is 0 Å². The number of nitrogens with zero attached hydrogens (tertiary/aromatic N) is 6. The topological polar surface area (TPSA) is 133 Å². The summed E-state index contributed by atoms with van der Waals surface area (Å²) in [5.41, 5.74) is 1.42. The predicted molar refractivity (Wildman–Crippen MR) is 147 cm³/mol. The van der Waals surface area contributed by atoms with Crippen LogP contribution in [0.3, 0.4) is 0 Å². The number of benzene rings is 1. The van der Waals surface area contributed by atoms with Crippen molar-refractivity contribution < 1.29 is 19.1 Å². The van der Waals surface area contributed by atoms with Crippen molar-refractivity contribution in [3.8, 4) is 5.75 Å². The Labute approximate surface area is 237 Å². The van der Waals surface area contributed by atoms with Crippen LogP contribution in [0.2, 0.25) is 5.02 Å². The van der Waals surface area contributed by atoms with Crippen LogP contribution in [-0.4, -0.2) is 73.1 Å². The van der Waals surface area contributed by atoms with Crippen LogP contribution in [0.15, 0.2) is 35.5 Å². The van der Waals surface area contributed by atoms with Gasteiger partial charge in [0.25, 0.3) is 17.4 Å². The second-order valence-electron chi connectivity index (χ2n) is 9.86. The molecule has 14 heteroatoms. The molecule has 1 N–H and O–H groups in total. The van der Waals surface area contributed by atoms with Gasteiger partial charge in [-0.25, -0.2) is 4.98 Å². The first-order chi connectivity index (χ1) is 19.3. The Kier molecular flexibility index (Phi) is 7.02. The summed E-state index contributed by atoms with van der Waals surface area (Å²) in [6.07, 6.45) is 3.41. The lowest BCUT2D eigenvalue weighted by Crippen LogP contribution is -2.44. The smallest absolute Gasteiger partial charge is 0.264 e. The Balaban J connectivity index is 1.29. The highest BCUT2D eigenvalue weighted by Crippen LogP contribution is 2.30. The summed E-state index contributed by atoms with van der Waals surface area (Å²) in [5.74, 6) is -0.165. The monoisotopic (exact) mass is 583 g/mol. The maximum Gasteiger partial charge on any atom is 0.264 e. The SMILES string of the molecule is Cc1c(C(=O)N2C[C@@H]3NC(=O)c4ccc(Cl)c(c4)OCCCn4cc(nn4)CO[C@H]3C2)sc2ncn(C)c(=O)c12. The summed E-state index contributed by atoms with van der Waals surface area (Å²) >= 11 is 7.49. The van der Waals surface area contributed by atoms with Gasteiger partial charge in [-0.1, -0.05) is 16.8 Å². The van der Waals surface area contributed by atoms with Crippen LogP contribution < -0.4 is 15.6 Å². The molecule has 40 heavy (non-hydrogen) atoms. The Hall–Kier alpha value is -3.81. The highest BCUT2D eigenvalue weighted by atomic mass is 35.5. The minimum atomic E-state index is -0.505. The highest BCUT2D eigenvalue weighted by molar-refractivity contribution is 7.20. The molecule has 1 saturated heterocycles. The van der Waals surface area contributed by atoms with E-state index in [0.717, 1.165) is 0 Å². The number of thiophene rings is 1. The van der Waals surface area contributed by atoms with Crippen LogP contribution in [0.25, 0.3) is 10.2 Å². The van der Waals surface area contributed by atoms with Gasteiger partial charge in [0.1, 0.15) is 16.3 Å². The van der Waals surface area contributed by atoms with Gasteiger partial charge in [-0.3, -0.25) is 19.1 Å². The number of hydrogen-bond donors (Lipinski definition) is 1. The summed E-state index contributed by atoms with van der Waals surface area (Å²) in [5, 5.41) is 12.2. The number of amides is 2. The lowest BCUT2D eigenvalue weighted by molar-refractivity contribution is 0.0291. The van der Waals surface area contributed by atoms with Crippen molar-refractivity contribution in [1.82, 2.24) is 34.8 Å². The van der Waals surface area contributed by atoms with Crippen molar-refractivity contribution >= 4 is 45.0 Å². The number of fused-ring (bicyclic) bond motifs is 6. The number of carbonyl (C=O) groups excluding carboxylic acids is 2. The zero-order valence-corrected chi connectivity index (χ0v) is 23.4. The van der Waals surface area contributed by atoms with E-state index in [2.05, 4.69) is 20.6 Å². The average Bonchev–Trinajstić information content (AvgIpc) is 3.65. The van der Waals surface area contributed by atoms with Gasteiger partial charge in [0.2, 0.25) is 0 Å². The first-order valence-electron chi connectivity index (χ1n) is 12.8. The Morgan fingerprint density at radius 1 is 1.25 bits per heavy atom. The quantitative estimate of drug-likeness (QED) is 0.360. The third-order valence-electron chi connectivity index (χ3n) is 7.09. The molecule has 0 aliphatic carbocycles. The van der Waals surface area contributed by atoms with E-state index >= 15 is 0 Å². The standard InChI is InChI=1S/C26H26ClN7O5S/c1-14-21-24(28-13-32(2)25(21)36)40-22(14)26(37)33-10-18-20(11-33)39-12-16-9-34(31-30-16)6-3-7-38-19-8-15(23(35)29-18)4-5-17(19)27/h4-5,8-9,13,18,20H,3,6-7,10-12H2,1-2H3,(H,29,35)/t18-,20-/m0/s1. The fourth-order valence-electron chi connectivity index (χ4n) is 4.93. The number of ether oxygens (including phenoxy) is 2. The van der Waals surface area contributed by atoms with E-state index in [1.54, 1.807) is 47.9 Å². The van der Waals surface area contributed by atoms with Crippen molar-refractivity contribution in [2.24, 2.45) is 7.05 Å². The number of aryl methyl sites for hydroxylation is 3. The first-order valence-corrected chi connectivity index (χ1v) is 14.0. The molecule has 3 aromatic heterocycles. The first kappa shape index (κ1) is 26.4. The molecule has 2 atom stereocenters. The molecule has 6 rings (SSSR count). The van der Waals surface area contributed by atoms with Gasteiger partial charge in [0, 0.05) is 38.7 Å². The van der Waals surface area contributed by atoms with Crippen molar-refractivity contribution in [3.63, 3.8) is 0 Å². The Morgan fingerprint density at radius 2 is 2.10 bits per heavy atom. The van der Waals surface area contributed by atoms with Crippen LogP contribution in [0.4, 0.5) is 0 Å². The fourth-order valence-corrected chi connectivity index (χ4v) is 6.21. The number of hydrogen-bond acceptors (Lipinski definition) is 9. The van der Waals surface area contributed by atoms with Crippen molar-refractivity contribution in [2.45, 2.75) is 38.6 Å². The maximum atomic E-state index is 13.7. The lowest BCUT2D eigenvalue weighted by atomic mass is 10.1. The number of rotatable bonds is 1. The van der Waals surface area contributed by atoms with Gasteiger partial charge in [-0.05, 0) is 30.7 Å². The molecule has 2 amide bonds. The molecule has 4 aromatic rings. The fraction of sp³-hybridized carbons (Fsp3) is 0.385. The van der Waals surface area contributed by atoms with Gasteiger partial charge in [0.15, 0.2) is 0 Å². The zero-order valence-electron chi connectivity index (χ0n) is 21.8. The van der Waals surface area contributed by atoms with Crippen molar-refractivity contribution in [2.75, 3.05) is 19.7 Å². The minimum Gasteiger partial charge on any atom is -0.492 e. The van der Waals surface area contributed by atoms with Crippen molar-refractivity contribution in [3.05, 3.63) is 67.8 Å². The van der Waals surface area contributed by atoms with Crippen LogP contribution in [0, 0.1) is 6.92 Å². The highest BCUT2D eigenvalue weighted by Gasteiger charge is 2.39. The molecule has 1 fully saturated rings. The second-order valence-corrected chi connectivity index (χ2v) is 11.3. The predicted octanol–water partition coefficient (Wildman–Crippen LogP) is 2.17. The Bertz CT molecular complexity index is 1680. The summed E-state index contributed by atoms with van der Waals surface area (Å²) < 4.78 is 15.1. The van der Waals surface area contributed by atoms with E-state index in [0.29, 0.717) is 62.3 Å². The summed E-state index contributed by atoms with van der Waals surface area (Å²) in [6, 6.07) is 4.36. The Morgan fingerprint density at radius 3 is 2.95 bits per heavy atom. The van der Waals surface area contributed by atoms with Crippen LogP contribution >= 0.6 is 22.9 Å². The molecule has 208 valence electrons. The molecule has 12 nitrogen and oxygen atoms in total. The number of nitrogens with one attached hydrogen (secondary N) is 1. The molecule has 0 unspecified atom stereocenters. The van der Waals surface area contributed by atoms with E-state index in [4.69, 9.17) is 21.1 Å². The minimum absolute atomic E-state index is 0.169. The second kappa shape index (κ2) is 10.6. The third kappa shape index (κ3) is 4.95. The third-order valence-corrected chi connectivity index (χ3v) is 8.59. The molecule has 5 heterocycles. The number of carbonyl (C=O) groups is 2. The molecule has 1 aromatic carbocycles. The molecule has 0 radical (unpaired) electrons. The van der Waals surface area contributed by atoms with E-state index < -0.39 is 12.1 Å². The number of likely N-dealkylation sites (tertiary alicyclic amines) is 1. The van der Waals surface area contributed by atoms with Gasteiger partial charge >= 0.3 is 0 Å². The van der Waals surface area contributed by atoms with Gasteiger partial charge in [-0.2, -0.15) is 0 Å². The number of halogens is 1. The summed E-state index contributed by atoms with van der Waals surface area (Å²) in [6.45, 7) is 3.36. The molecule has 0 spiro atoms. The van der Waals surface area contributed by atoms with E-state index in [1.807, 2.05) is 0 Å². The van der Waals surface area contributed by atoms with Crippen LogP contribution in [0.5, 0.6) is 5.75 Å². The molecule has 2 aliphatic rings. The summed E-state index contributed by atoms with van der Waals surface area (Å²) in [4.78, 5) is 46.6. The van der Waals surface area contributed by atoms with Crippen LogP contribution in [-0.2, 0) is 24.9 Å². The van der Waals surface area contributed by atoms with E-state index in [1.165, 1.54) is 22.2 Å². The molecular weight excluding hydrogens is 558 g/mol. The largest absolute Gasteiger partial charge is 0.492 e. The summed E-state index contributed by atoms with van der Waals surface area (Å²) in [7, 11) is 1.63. The normalized spacial score (nSPS) is 19.8. The van der Waals surface area contributed by atoms with Crippen LogP contribution in [0.1, 0.15) is 37.7 Å². The van der Waals surface area contributed by atoms with E-state index in [-0.39, 0.29) is 37.1 Å². The zero-order chi connectivity index (χ0) is 28.0. The molecule has 4 bridgehead atoms. The average molecular weight is 584 g/mol. The van der Waals surface area contributed by atoms with Gasteiger partial charge in [-0.15, -0.1) is 16.4 Å². The van der Waals surface area contributed by atoms with Gasteiger partial charge in [0.05, 0.1) is 53.2 Å². The molecule has 2 aliphatic heterocycles. The van der Waals surface area contributed by atoms with E-state index in [9.17, 15) is 14.4 Å².